The SMILES string of the molecule is Cn1c(N2CC3=C(CCC=C3)C2)nc2c(C(Nc3ccccc3C(=O)O)C(F)(F)F)cccc2c1=O. The van der Waals surface area contributed by atoms with Gasteiger partial charge < -0.3 is 15.3 Å². The molecule has 0 amide bonds. The maximum Gasteiger partial charge on any atom is 0.412 e. The molecule has 0 radical (unpaired) electrons. The molecule has 7 nitrogen and oxygen atoms in total. The van der Waals surface area contributed by atoms with E-state index in [0.29, 0.717) is 13.1 Å². The molecule has 1 aliphatic carbocycles. The number of nitrogens with one attached hydrogen (secondary N) is 1. The van der Waals surface area contributed by atoms with E-state index in [-0.39, 0.29) is 33.7 Å². The maximum atomic E-state index is 14.4. The largest absolute Gasteiger partial charge is 0.478 e. The summed E-state index contributed by atoms with van der Waals surface area (Å²) in [5, 5.41) is 11.9. The average Bonchev–Trinajstić information content (AvgIpc) is 3.28. The minimum Gasteiger partial charge on any atom is -0.478 e. The standard InChI is InChI=1S/C26H23F3N4O3/c1-32-23(34)19-11-6-10-18(21(19)31-25(32)33-13-15-7-2-3-8-16(15)14-33)22(26(27,28)29)30-20-12-5-4-9-17(20)24(35)36/h2,4-7,9-12,22,30H,3,8,13-14H2,1H3,(H,35,36). The highest BCUT2D eigenvalue weighted by Gasteiger charge is 2.43. The minimum absolute atomic E-state index is 0.0538. The second kappa shape index (κ2) is 8.85. The smallest absolute Gasteiger partial charge is 0.412 e. The number of aromatic carboxylic acids is 1. The molecule has 0 spiro atoms. The normalized spacial score (nSPS) is 16.4. The number of para-hydroxylation sites is 2. The molecule has 1 aromatic heterocycles. The van der Waals surface area contributed by atoms with Gasteiger partial charge in [-0.3, -0.25) is 9.36 Å². The lowest BCUT2D eigenvalue weighted by Gasteiger charge is -2.26. The fraction of sp³-hybridized carbons (Fsp3) is 0.269. The van der Waals surface area contributed by atoms with Gasteiger partial charge in [-0.25, -0.2) is 9.78 Å². The number of rotatable bonds is 5. The molecule has 2 heterocycles. The highest BCUT2D eigenvalue weighted by Crippen LogP contribution is 2.39. The minimum atomic E-state index is -4.80. The maximum absolute atomic E-state index is 14.4. The first-order chi connectivity index (χ1) is 17.1. The van der Waals surface area contributed by atoms with Crippen LogP contribution in [0, 0.1) is 0 Å². The first-order valence-corrected chi connectivity index (χ1v) is 11.4. The summed E-state index contributed by atoms with van der Waals surface area (Å²) in [6.07, 6.45) is 1.16. The number of allylic oxidation sites excluding steroid dienone is 1. The fourth-order valence-corrected chi connectivity index (χ4v) is 4.85. The van der Waals surface area contributed by atoms with Gasteiger partial charge in [0.05, 0.1) is 16.5 Å². The molecule has 186 valence electrons. The number of hydrogen-bond acceptors (Lipinski definition) is 5. The number of fused-ring (bicyclic) bond motifs is 1. The van der Waals surface area contributed by atoms with Gasteiger partial charge in [-0.2, -0.15) is 13.2 Å². The third-order valence-electron chi connectivity index (χ3n) is 6.62. The molecule has 1 unspecified atom stereocenters. The summed E-state index contributed by atoms with van der Waals surface area (Å²) >= 11 is 0. The number of carboxylic acid groups (broad SMARTS) is 1. The van der Waals surface area contributed by atoms with Gasteiger partial charge in [0.25, 0.3) is 5.56 Å². The molecule has 0 saturated heterocycles. The van der Waals surface area contributed by atoms with Crippen molar-refractivity contribution in [3.8, 4) is 0 Å². The van der Waals surface area contributed by atoms with Crippen molar-refractivity contribution in [2.24, 2.45) is 7.05 Å². The van der Waals surface area contributed by atoms with Crippen LogP contribution in [0.1, 0.15) is 34.8 Å². The van der Waals surface area contributed by atoms with Crippen LogP contribution in [0.15, 0.2) is 70.6 Å². The number of benzene rings is 2. The third kappa shape index (κ3) is 4.12. The van der Waals surface area contributed by atoms with Crippen molar-refractivity contribution < 1.29 is 23.1 Å². The molecular formula is C26H23F3N4O3. The van der Waals surface area contributed by atoms with Crippen LogP contribution >= 0.6 is 0 Å². The first-order valence-electron chi connectivity index (χ1n) is 11.4. The van der Waals surface area contributed by atoms with Gasteiger partial charge in [-0.1, -0.05) is 36.4 Å². The van der Waals surface area contributed by atoms with Crippen LogP contribution in [0.25, 0.3) is 10.9 Å². The van der Waals surface area contributed by atoms with E-state index < -0.39 is 23.7 Å². The van der Waals surface area contributed by atoms with Gasteiger partial charge in [-0.15, -0.1) is 0 Å². The zero-order valence-corrected chi connectivity index (χ0v) is 19.3. The van der Waals surface area contributed by atoms with Crippen molar-refractivity contribution in [2.75, 3.05) is 23.3 Å². The molecule has 5 rings (SSSR count). The highest BCUT2D eigenvalue weighted by molar-refractivity contribution is 5.94. The molecule has 2 N–H and O–H groups in total. The number of carbonyl (C=O) groups is 1. The third-order valence-corrected chi connectivity index (χ3v) is 6.62. The van der Waals surface area contributed by atoms with Crippen molar-refractivity contribution in [1.29, 1.82) is 0 Å². The Morgan fingerprint density at radius 1 is 1.14 bits per heavy atom. The van der Waals surface area contributed by atoms with E-state index in [1.54, 1.807) is 7.05 Å². The van der Waals surface area contributed by atoms with Gasteiger partial charge in [0.2, 0.25) is 5.95 Å². The molecule has 0 saturated carbocycles. The highest BCUT2D eigenvalue weighted by atomic mass is 19.4. The first kappa shape index (κ1) is 23.7. The van der Waals surface area contributed by atoms with Crippen LogP contribution in [-0.4, -0.2) is 39.9 Å². The lowest BCUT2D eigenvalue weighted by molar-refractivity contribution is -0.143. The van der Waals surface area contributed by atoms with E-state index in [0.717, 1.165) is 18.4 Å². The molecule has 0 bridgehead atoms. The Balaban J connectivity index is 1.63. The van der Waals surface area contributed by atoms with Crippen molar-refractivity contribution >= 4 is 28.5 Å². The van der Waals surface area contributed by atoms with Crippen LogP contribution in [0.5, 0.6) is 0 Å². The Labute approximate surface area is 204 Å². The predicted molar refractivity (Wildman–Crippen MR) is 130 cm³/mol. The summed E-state index contributed by atoms with van der Waals surface area (Å²) < 4.78 is 44.5. The molecule has 2 aromatic carbocycles. The molecule has 1 aliphatic heterocycles. The average molecular weight is 496 g/mol. The van der Waals surface area contributed by atoms with Crippen LogP contribution in [0.2, 0.25) is 0 Å². The van der Waals surface area contributed by atoms with Crippen LogP contribution in [0.3, 0.4) is 0 Å². The molecule has 36 heavy (non-hydrogen) atoms. The van der Waals surface area contributed by atoms with Gasteiger partial charge in [0.15, 0.2) is 6.04 Å². The number of anilines is 2. The Hall–Kier alpha value is -4.08. The van der Waals surface area contributed by atoms with E-state index in [4.69, 9.17) is 0 Å². The molecule has 2 aliphatic rings. The fourth-order valence-electron chi connectivity index (χ4n) is 4.85. The molecule has 10 heteroatoms. The summed E-state index contributed by atoms with van der Waals surface area (Å²) in [5.74, 6) is -1.07. The second-order valence-electron chi connectivity index (χ2n) is 8.91. The zero-order chi connectivity index (χ0) is 25.6. The lowest BCUT2D eigenvalue weighted by Crippen LogP contribution is -2.32. The predicted octanol–water partition coefficient (Wildman–Crippen LogP) is 4.81. The van der Waals surface area contributed by atoms with E-state index in [9.17, 15) is 27.9 Å². The quantitative estimate of drug-likeness (QED) is 0.527. The summed E-state index contributed by atoms with van der Waals surface area (Å²) in [5.41, 5.74) is 1.12. The number of carboxylic acids is 1. The lowest BCUT2D eigenvalue weighted by atomic mass is 10.0. The van der Waals surface area contributed by atoms with Gasteiger partial charge in [0.1, 0.15) is 0 Å². The van der Waals surface area contributed by atoms with Gasteiger partial charge >= 0.3 is 12.1 Å². The van der Waals surface area contributed by atoms with Crippen LogP contribution in [-0.2, 0) is 7.05 Å². The summed E-state index contributed by atoms with van der Waals surface area (Å²) in [7, 11) is 1.56. The summed E-state index contributed by atoms with van der Waals surface area (Å²) in [6.45, 7) is 1.08. The van der Waals surface area contributed by atoms with E-state index in [2.05, 4.69) is 16.4 Å². The molecule has 0 fully saturated rings. The number of halogens is 3. The van der Waals surface area contributed by atoms with Crippen molar-refractivity contribution in [1.82, 2.24) is 9.55 Å². The molecular weight excluding hydrogens is 473 g/mol. The Morgan fingerprint density at radius 2 is 1.92 bits per heavy atom. The van der Waals surface area contributed by atoms with Gasteiger partial charge in [0, 0.05) is 31.4 Å². The number of alkyl halides is 3. The summed E-state index contributed by atoms with van der Waals surface area (Å²) in [6, 6.07) is 7.20. The van der Waals surface area contributed by atoms with Gasteiger partial charge in [-0.05, 0) is 42.2 Å². The van der Waals surface area contributed by atoms with Crippen molar-refractivity contribution in [2.45, 2.75) is 25.1 Å². The van der Waals surface area contributed by atoms with E-state index in [1.165, 1.54) is 52.6 Å². The Bertz CT molecular complexity index is 1490. The topological polar surface area (TPSA) is 87.5 Å². The monoisotopic (exact) mass is 496 g/mol. The zero-order valence-electron chi connectivity index (χ0n) is 19.3. The van der Waals surface area contributed by atoms with Crippen molar-refractivity contribution in [3.05, 3.63) is 87.2 Å². The Kier molecular flexibility index (Phi) is 5.82. The molecule has 1 atom stereocenters. The number of aromatic nitrogens is 2. The number of hydrogen-bond donors (Lipinski definition) is 2. The Morgan fingerprint density at radius 3 is 2.64 bits per heavy atom. The van der Waals surface area contributed by atoms with E-state index in [1.807, 2.05) is 11.0 Å². The van der Waals surface area contributed by atoms with Crippen LogP contribution < -0.4 is 15.8 Å². The van der Waals surface area contributed by atoms with E-state index >= 15 is 0 Å². The molecule has 3 aromatic rings. The summed E-state index contributed by atoms with van der Waals surface area (Å²) in [4.78, 5) is 31.3. The van der Waals surface area contributed by atoms with Crippen molar-refractivity contribution in [3.63, 3.8) is 0 Å². The second-order valence-corrected chi connectivity index (χ2v) is 8.91. The van der Waals surface area contributed by atoms with Crippen LogP contribution in [0.4, 0.5) is 24.8 Å². The number of nitrogens with zero attached hydrogens (tertiary/aromatic N) is 3.